The molecule has 1 atom stereocenters. The van der Waals surface area contributed by atoms with Crippen LogP contribution >= 0.6 is 0 Å². The first-order valence-corrected chi connectivity index (χ1v) is 11.6. The Labute approximate surface area is 176 Å². The fourth-order valence-corrected chi connectivity index (χ4v) is 5.19. The van der Waals surface area contributed by atoms with Crippen molar-refractivity contribution in [1.29, 1.82) is 0 Å². The molecule has 0 amide bonds. The van der Waals surface area contributed by atoms with Gasteiger partial charge in [0.05, 0.1) is 22.5 Å². The Morgan fingerprint density at radius 1 is 1.07 bits per heavy atom. The lowest BCUT2D eigenvalue weighted by Crippen LogP contribution is -2.32. The maximum Gasteiger partial charge on any atom is 0.293 e. The van der Waals surface area contributed by atoms with Gasteiger partial charge in [-0.2, -0.15) is 4.31 Å². The van der Waals surface area contributed by atoms with Crippen LogP contribution in [0.1, 0.15) is 31.2 Å². The molecule has 2 aromatic carbocycles. The molecule has 1 fully saturated rings. The van der Waals surface area contributed by atoms with Gasteiger partial charge in [0.15, 0.2) is 0 Å². The Morgan fingerprint density at radius 2 is 1.73 bits per heavy atom. The molecule has 0 radical (unpaired) electrons. The van der Waals surface area contributed by atoms with E-state index >= 15 is 0 Å². The molecule has 162 valence electrons. The number of nitro benzene ring substituents is 1. The maximum absolute atomic E-state index is 13.0. The number of sulfonamides is 1. The minimum atomic E-state index is -3.79. The Bertz CT molecular complexity index is 958. The highest BCUT2D eigenvalue weighted by atomic mass is 32.2. The van der Waals surface area contributed by atoms with Gasteiger partial charge in [-0.25, -0.2) is 8.42 Å². The Hall–Kier alpha value is -2.49. The minimum Gasteiger partial charge on any atom is -0.394 e. The highest BCUT2D eigenvalue weighted by molar-refractivity contribution is 7.89. The lowest BCUT2D eigenvalue weighted by molar-refractivity contribution is -0.384. The lowest BCUT2D eigenvalue weighted by Gasteiger charge is -2.21. The van der Waals surface area contributed by atoms with Crippen LogP contribution in [0.4, 0.5) is 11.4 Å². The number of aliphatic hydroxyl groups excluding tert-OH is 1. The van der Waals surface area contributed by atoms with E-state index in [-0.39, 0.29) is 22.9 Å². The van der Waals surface area contributed by atoms with Crippen LogP contribution in [0.25, 0.3) is 0 Å². The monoisotopic (exact) mass is 433 g/mol. The zero-order valence-corrected chi connectivity index (χ0v) is 17.6. The number of nitro groups is 1. The van der Waals surface area contributed by atoms with E-state index in [1.807, 2.05) is 30.3 Å². The summed E-state index contributed by atoms with van der Waals surface area (Å²) in [6.07, 6.45) is 4.03. The number of aliphatic hydroxyl groups is 1. The van der Waals surface area contributed by atoms with Crippen LogP contribution in [0.3, 0.4) is 0 Å². The summed E-state index contributed by atoms with van der Waals surface area (Å²) in [6, 6.07) is 13.0. The van der Waals surface area contributed by atoms with E-state index in [0.717, 1.165) is 37.3 Å². The van der Waals surface area contributed by atoms with Gasteiger partial charge >= 0.3 is 0 Å². The summed E-state index contributed by atoms with van der Waals surface area (Å²) in [7, 11) is -3.79. The van der Waals surface area contributed by atoms with Gasteiger partial charge in [-0.3, -0.25) is 10.1 Å². The third-order valence-corrected chi connectivity index (χ3v) is 7.17. The zero-order valence-electron chi connectivity index (χ0n) is 16.7. The number of nitrogens with zero attached hydrogens (tertiary/aromatic N) is 2. The summed E-state index contributed by atoms with van der Waals surface area (Å²) in [5.41, 5.74) is 0.842. The van der Waals surface area contributed by atoms with Crippen molar-refractivity contribution < 1.29 is 18.4 Å². The molecule has 8 nitrogen and oxygen atoms in total. The van der Waals surface area contributed by atoms with Gasteiger partial charge in [-0.05, 0) is 37.0 Å². The molecule has 1 aliphatic heterocycles. The molecule has 9 heteroatoms. The predicted molar refractivity (Wildman–Crippen MR) is 115 cm³/mol. The van der Waals surface area contributed by atoms with Gasteiger partial charge in [-0.15, -0.1) is 0 Å². The normalized spacial score (nSPS) is 16.6. The number of nitrogens with one attached hydrogen (secondary N) is 1. The van der Waals surface area contributed by atoms with Crippen LogP contribution in [0, 0.1) is 10.1 Å². The van der Waals surface area contributed by atoms with E-state index < -0.39 is 21.0 Å². The third kappa shape index (κ3) is 5.35. The summed E-state index contributed by atoms with van der Waals surface area (Å²) in [5, 5.41) is 24.4. The quantitative estimate of drug-likeness (QED) is 0.488. The van der Waals surface area contributed by atoms with E-state index in [1.54, 1.807) is 0 Å². The first kappa shape index (κ1) is 22.2. The van der Waals surface area contributed by atoms with Crippen molar-refractivity contribution in [2.24, 2.45) is 0 Å². The molecule has 0 spiro atoms. The molecule has 2 N–H and O–H groups in total. The predicted octanol–water partition coefficient (Wildman–Crippen LogP) is 3.18. The second-order valence-electron chi connectivity index (χ2n) is 7.47. The van der Waals surface area contributed by atoms with E-state index in [2.05, 4.69) is 5.32 Å². The molecular weight excluding hydrogens is 406 g/mol. The number of hydrogen-bond donors (Lipinski definition) is 2. The van der Waals surface area contributed by atoms with Crippen LogP contribution < -0.4 is 5.32 Å². The smallest absolute Gasteiger partial charge is 0.293 e. The maximum atomic E-state index is 13.0. The summed E-state index contributed by atoms with van der Waals surface area (Å²) in [5.74, 6) is 0. The molecule has 3 rings (SSSR count). The van der Waals surface area contributed by atoms with E-state index in [0.29, 0.717) is 19.5 Å². The largest absolute Gasteiger partial charge is 0.394 e. The number of rotatable bonds is 8. The molecule has 1 heterocycles. The van der Waals surface area contributed by atoms with Crippen molar-refractivity contribution in [2.75, 3.05) is 25.0 Å². The standard InChI is InChI=1S/C21H27N3O5S/c25-16-18(14-17-8-4-3-5-9-17)22-20-11-10-19(15-21(20)24(26)27)30(28,29)23-12-6-1-2-7-13-23/h3-5,8-11,15,18,22,25H,1-2,6-7,12-14,16H2. The van der Waals surface area contributed by atoms with Gasteiger partial charge in [0, 0.05) is 19.2 Å². The van der Waals surface area contributed by atoms with Crippen molar-refractivity contribution in [1.82, 2.24) is 4.31 Å². The van der Waals surface area contributed by atoms with Gasteiger partial charge in [-0.1, -0.05) is 43.2 Å². The zero-order chi connectivity index (χ0) is 21.6. The summed E-state index contributed by atoms with van der Waals surface area (Å²) >= 11 is 0. The molecule has 1 aliphatic rings. The first-order chi connectivity index (χ1) is 14.4. The molecule has 0 aliphatic carbocycles. The van der Waals surface area contributed by atoms with Crippen LogP contribution in [0.5, 0.6) is 0 Å². The SMILES string of the molecule is O=[N+]([O-])c1cc(S(=O)(=O)N2CCCCCC2)ccc1NC(CO)Cc1ccccc1. The Balaban J connectivity index is 1.85. The van der Waals surface area contributed by atoms with Crippen LogP contribution in [-0.4, -0.2) is 48.5 Å². The van der Waals surface area contributed by atoms with Gasteiger partial charge in [0.25, 0.3) is 5.69 Å². The third-order valence-electron chi connectivity index (χ3n) is 5.27. The summed E-state index contributed by atoms with van der Waals surface area (Å²) in [6.45, 7) is 0.638. The molecule has 0 saturated carbocycles. The fourth-order valence-electron chi connectivity index (χ4n) is 3.66. The highest BCUT2D eigenvalue weighted by Crippen LogP contribution is 2.30. The highest BCUT2D eigenvalue weighted by Gasteiger charge is 2.28. The van der Waals surface area contributed by atoms with Crippen LogP contribution in [-0.2, 0) is 16.4 Å². The van der Waals surface area contributed by atoms with E-state index in [9.17, 15) is 23.6 Å². The number of benzene rings is 2. The van der Waals surface area contributed by atoms with E-state index in [1.165, 1.54) is 16.4 Å². The molecule has 0 aromatic heterocycles. The van der Waals surface area contributed by atoms with Crippen molar-refractivity contribution in [3.63, 3.8) is 0 Å². The van der Waals surface area contributed by atoms with Gasteiger partial charge in [0.2, 0.25) is 10.0 Å². The average Bonchev–Trinajstić information content (AvgIpc) is 3.04. The van der Waals surface area contributed by atoms with Crippen molar-refractivity contribution in [3.8, 4) is 0 Å². The molecule has 0 bridgehead atoms. The average molecular weight is 434 g/mol. The lowest BCUT2D eigenvalue weighted by atomic mass is 10.1. The second kappa shape index (κ2) is 10.0. The van der Waals surface area contributed by atoms with Crippen molar-refractivity contribution in [2.45, 2.75) is 43.0 Å². The molecule has 2 aromatic rings. The second-order valence-corrected chi connectivity index (χ2v) is 9.41. The summed E-state index contributed by atoms with van der Waals surface area (Å²) < 4.78 is 27.4. The molecular formula is C21H27N3O5S. The summed E-state index contributed by atoms with van der Waals surface area (Å²) in [4.78, 5) is 11.0. The van der Waals surface area contributed by atoms with Crippen LogP contribution in [0.2, 0.25) is 0 Å². The molecule has 1 unspecified atom stereocenters. The fraction of sp³-hybridized carbons (Fsp3) is 0.429. The van der Waals surface area contributed by atoms with E-state index in [4.69, 9.17) is 0 Å². The molecule has 30 heavy (non-hydrogen) atoms. The Kier molecular flexibility index (Phi) is 7.41. The topological polar surface area (TPSA) is 113 Å². The van der Waals surface area contributed by atoms with Crippen molar-refractivity contribution >= 4 is 21.4 Å². The molecule has 1 saturated heterocycles. The van der Waals surface area contributed by atoms with Crippen molar-refractivity contribution in [3.05, 3.63) is 64.2 Å². The Morgan fingerprint density at radius 3 is 2.33 bits per heavy atom. The van der Waals surface area contributed by atoms with Crippen LogP contribution in [0.15, 0.2) is 53.4 Å². The first-order valence-electron chi connectivity index (χ1n) is 10.1. The number of hydrogen-bond acceptors (Lipinski definition) is 6. The van der Waals surface area contributed by atoms with Gasteiger partial charge < -0.3 is 10.4 Å². The number of anilines is 1. The van der Waals surface area contributed by atoms with Gasteiger partial charge in [0.1, 0.15) is 5.69 Å². The minimum absolute atomic E-state index is 0.0785.